The van der Waals surface area contributed by atoms with E-state index >= 15 is 0 Å². The number of hydrogen-bond acceptors (Lipinski definition) is 5. The molecular formula is C17H21ClN2O3S. The third-order valence-corrected chi connectivity index (χ3v) is 4.96. The molecule has 1 amide bonds. The summed E-state index contributed by atoms with van der Waals surface area (Å²) in [5.41, 5.74) is 6.91. The SMILES string of the molecule is Cl.Nc1cccc(C(=O)N2CCOCC2CC(O)c2cccs2)c1. The molecule has 2 heterocycles. The van der Waals surface area contributed by atoms with Crippen molar-refractivity contribution in [3.8, 4) is 0 Å². The molecule has 3 N–H and O–H groups in total. The number of amides is 1. The maximum Gasteiger partial charge on any atom is 0.254 e. The number of anilines is 1. The lowest BCUT2D eigenvalue weighted by Crippen LogP contribution is -2.49. The second kappa shape index (κ2) is 8.48. The van der Waals surface area contributed by atoms with Gasteiger partial charge in [0.2, 0.25) is 0 Å². The lowest BCUT2D eigenvalue weighted by Gasteiger charge is -2.36. The molecule has 0 bridgehead atoms. The number of carbonyl (C=O) groups excluding carboxylic acids is 1. The Hall–Kier alpha value is -1.60. The summed E-state index contributed by atoms with van der Waals surface area (Å²) >= 11 is 1.52. The van der Waals surface area contributed by atoms with Gasteiger partial charge in [0.05, 0.1) is 25.4 Å². The number of benzene rings is 1. The first-order valence-electron chi connectivity index (χ1n) is 7.61. The summed E-state index contributed by atoms with van der Waals surface area (Å²) in [7, 11) is 0. The molecule has 2 aromatic rings. The Labute approximate surface area is 151 Å². The zero-order chi connectivity index (χ0) is 16.2. The van der Waals surface area contributed by atoms with Gasteiger partial charge in [-0.05, 0) is 29.6 Å². The number of aliphatic hydroxyl groups excluding tert-OH is 1. The molecule has 1 aromatic heterocycles. The van der Waals surface area contributed by atoms with Crippen LogP contribution in [0.5, 0.6) is 0 Å². The van der Waals surface area contributed by atoms with Crippen LogP contribution in [0.15, 0.2) is 41.8 Å². The number of nitrogens with zero attached hydrogens (tertiary/aromatic N) is 1. The van der Waals surface area contributed by atoms with E-state index in [1.165, 1.54) is 11.3 Å². The molecule has 1 aromatic carbocycles. The first-order valence-corrected chi connectivity index (χ1v) is 8.49. The minimum Gasteiger partial charge on any atom is -0.399 e. The Bertz CT molecular complexity index is 666. The third-order valence-electron chi connectivity index (χ3n) is 3.99. The summed E-state index contributed by atoms with van der Waals surface area (Å²) in [6, 6.07) is 10.7. The van der Waals surface area contributed by atoms with Crippen LogP contribution in [-0.4, -0.2) is 41.7 Å². The molecule has 5 nitrogen and oxygen atoms in total. The van der Waals surface area contributed by atoms with Gasteiger partial charge in [-0.25, -0.2) is 0 Å². The van der Waals surface area contributed by atoms with Gasteiger partial charge in [-0.1, -0.05) is 12.1 Å². The first kappa shape index (κ1) is 18.7. The van der Waals surface area contributed by atoms with E-state index in [-0.39, 0.29) is 24.4 Å². The summed E-state index contributed by atoms with van der Waals surface area (Å²) in [5.74, 6) is -0.0658. The van der Waals surface area contributed by atoms with Crippen LogP contribution in [0.2, 0.25) is 0 Å². The highest BCUT2D eigenvalue weighted by molar-refractivity contribution is 7.10. The van der Waals surface area contributed by atoms with E-state index in [1.807, 2.05) is 17.5 Å². The number of rotatable bonds is 4. The first-order chi connectivity index (χ1) is 11.1. The Morgan fingerprint density at radius 2 is 2.25 bits per heavy atom. The number of thiophene rings is 1. The van der Waals surface area contributed by atoms with E-state index in [0.717, 1.165) is 4.88 Å². The summed E-state index contributed by atoms with van der Waals surface area (Å²) in [6.07, 6.45) is -0.118. The smallest absolute Gasteiger partial charge is 0.254 e. The van der Waals surface area contributed by atoms with Crippen LogP contribution in [0, 0.1) is 0 Å². The zero-order valence-electron chi connectivity index (χ0n) is 13.1. The molecule has 1 fully saturated rings. The lowest BCUT2D eigenvalue weighted by molar-refractivity contribution is -0.0170. The van der Waals surface area contributed by atoms with Crippen LogP contribution in [0.25, 0.3) is 0 Å². The Morgan fingerprint density at radius 3 is 2.96 bits per heavy atom. The molecule has 1 saturated heterocycles. The monoisotopic (exact) mass is 368 g/mol. The molecule has 0 saturated carbocycles. The number of carbonyl (C=O) groups is 1. The van der Waals surface area contributed by atoms with Crippen molar-refractivity contribution >= 4 is 35.3 Å². The van der Waals surface area contributed by atoms with E-state index in [1.54, 1.807) is 29.2 Å². The summed E-state index contributed by atoms with van der Waals surface area (Å²) in [6.45, 7) is 1.48. The molecular weight excluding hydrogens is 348 g/mol. The topological polar surface area (TPSA) is 75.8 Å². The highest BCUT2D eigenvalue weighted by Crippen LogP contribution is 2.26. The molecule has 3 rings (SSSR count). The number of halogens is 1. The fourth-order valence-electron chi connectivity index (χ4n) is 2.81. The summed E-state index contributed by atoms with van der Waals surface area (Å²) < 4.78 is 5.51. The number of ether oxygens (including phenoxy) is 1. The normalized spacial score (nSPS) is 18.7. The van der Waals surface area contributed by atoms with Crippen molar-refractivity contribution in [1.82, 2.24) is 4.90 Å². The van der Waals surface area contributed by atoms with Crippen molar-refractivity contribution in [3.05, 3.63) is 52.2 Å². The molecule has 2 atom stereocenters. The fraction of sp³-hybridized carbons (Fsp3) is 0.353. The van der Waals surface area contributed by atoms with E-state index in [0.29, 0.717) is 37.4 Å². The zero-order valence-corrected chi connectivity index (χ0v) is 14.8. The predicted octanol–water partition coefficient (Wildman–Crippen LogP) is 2.72. The number of aliphatic hydroxyl groups is 1. The van der Waals surface area contributed by atoms with Crippen LogP contribution in [0.1, 0.15) is 27.8 Å². The Morgan fingerprint density at radius 1 is 1.42 bits per heavy atom. The van der Waals surface area contributed by atoms with Crippen molar-refractivity contribution in [2.75, 3.05) is 25.5 Å². The van der Waals surface area contributed by atoms with Crippen LogP contribution in [0.3, 0.4) is 0 Å². The minimum atomic E-state index is -0.585. The fourth-order valence-corrected chi connectivity index (χ4v) is 3.53. The number of nitrogen functional groups attached to an aromatic ring is 1. The molecule has 1 aliphatic heterocycles. The molecule has 2 unspecified atom stereocenters. The van der Waals surface area contributed by atoms with E-state index in [4.69, 9.17) is 10.5 Å². The summed E-state index contributed by atoms with van der Waals surface area (Å²) in [4.78, 5) is 15.5. The second-order valence-corrected chi connectivity index (χ2v) is 6.60. The molecule has 0 spiro atoms. The maximum absolute atomic E-state index is 12.8. The van der Waals surface area contributed by atoms with Crippen molar-refractivity contribution in [1.29, 1.82) is 0 Å². The highest BCUT2D eigenvalue weighted by Gasteiger charge is 2.30. The predicted molar refractivity (Wildman–Crippen MR) is 97.6 cm³/mol. The van der Waals surface area contributed by atoms with Crippen LogP contribution in [0.4, 0.5) is 5.69 Å². The molecule has 0 aliphatic carbocycles. The van der Waals surface area contributed by atoms with Gasteiger partial charge in [0, 0.05) is 29.1 Å². The summed E-state index contributed by atoms with van der Waals surface area (Å²) in [5, 5.41) is 12.3. The molecule has 24 heavy (non-hydrogen) atoms. The average Bonchev–Trinajstić information content (AvgIpc) is 3.09. The average molecular weight is 369 g/mol. The molecule has 0 radical (unpaired) electrons. The maximum atomic E-state index is 12.8. The van der Waals surface area contributed by atoms with Crippen molar-refractivity contribution in [2.45, 2.75) is 18.6 Å². The second-order valence-electron chi connectivity index (χ2n) is 5.62. The van der Waals surface area contributed by atoms with Gasteiger partial charge < -0.3 is 20.5 Å². The van der Waals surface area contributed by atoms with Gasteiger partial charge in [-0.2, -0.15) is 0 Å². The van der Waals surface area contributed by atoms with Gasteiger partial charge in [0.25, 0.3) is 5.91 Å². The highest BCUT2D eigenvalue weighted by atomic mass is 35.5. The van der Waals surface area contributed by atoms with Gasteiger partial charge in [-0.15, -0.1) is 23.7 Å². The van der Waals surface area contributed by atoms with Crippen LogP contribution in [-0.2, 0) is 4.74 Å². The quantitative estimate of drug-likeness (QED) is 0.813. The molecule has 7 heteroatoms. The minimum absolute atomic E-state index is 0. The van der Waals surface area contributed by atoms with Gasteiger partial charge in [-0.3, -0.25) is 4.79 Å². The van der Waals surface area contributed by atoms with Crippen LogP contribution < -0.4 is 5.73 Å². The Kier molecular flexibility index (Phi) is 6.62. The van der Waals surface area contributed by atoms with E-state index in [9.17, 15) is 9.90 Å². The van der Waals surface area contributed by atoms with E-state index in [2.05, 4.69) is 0 Å². The molecule has 1 aliphatic rings. The number of hydrogen-bond donors (Lipinski definition) is 2. The van der Waals surface area contributed by atoms with Crippen molar-refractivity contribution in [2.24, 2.45) is 0 Å². The van der Waals surface area contributed by atoms with Crippen molar-refractivity contribution in [3.63, 3.8) is 0 Å². The van der Waals surface area contributed by atoms with Gasteiger partial charge in [0.1, 0.15) is 0 Å². The number of morpholine rings is 1. The van der Waals surface area contributed by atoms with E-state index < -0.39 is 6.10 Å². The largest absolute Gasteiger partial charge is 0.399 e. The number of nitrogens with two attached hydrogens (primary N) is 1. The van der Waals surface area contributed by atoms with Gasteiger partial charge >= 0.3 is 0 Å². The third kappa shape index (κ3) is 4.27. The Balaban J connectivity index is 0.00000208. The van der Waals surface area contributed by atoms with Crippen molar-refractivity contribution < 1.29 is 14.6 Å². The standard InChI is InChI=1S/C17H20N2O3S.ClH/c18-13-4-1-3-12(9-13)17(21)19-6-7-22-11-14(19)10-15(20)16-5-2-8-23-16;/h1-5,8-9,14-15,20H,6-7,10-11,18H2;1H. The van der Waals surface area contributed by atoms with Gasteiger partial charge in [0.15, 0.2) is 0 Å². The van der Waals surface area contributed by atoms with Crippen LogP contribution >= 0.6 is 23.7 Å². The molecule has 130 valence electrons. The lowest BCUT2D eigenvalue weighted by atomic mass is 10.0.